The van der Waals surface area contributed by atoms with Crippen molar-refractivity contribution >= 4 is 0 Å². The second kappa shape index (κ2) is 4.18. The van der Waals surface area contributed by atoms with Gasteiger partial charge in [0.2, 0.25) is 0 Å². The smallest absolute Gasteiger partial charge is 0.0945 e. The van der Waals surface area contributed by atoms with Crippen molar-refractivity contribution < 1.29 is 0 Å². The first-order chi connectivity index (χ1) is 7.83. The van der Waals surface area contributed by atoms with Crippen LogP contribution < -0.4 is 5.32 Å². The molecule has 3 rings (SSSR count). The van der Waals surface area contributed by atoms with E-state index < -0.39 is 0 Å². The fraction of sp³-hybridized carbons (Fsp3) is 0.750. The van der Waals surface area contributed by atoms with Crippen molar-refractivity contribution in [3.05, 3.63) is 18.2 Å². The summed E-state index contributed by atoms with van der Waals surface area (Å²) in [4.78, 5) is 6.77. The Hall–Kier alpha value is -0.870. The van der Waals surface area contributed by atoms with Crippen molar-refractivity contribution in [3.8, 4) is 0 Å². The lowest BCUT2D eigenvalue weighted by Gasteiger charge is -2.15. The van der Waals surface area contributed by atoms with E-state index in [4.69, 9.17) is 0 Å². The zero-order valence-corrected chi connectivity index (χ0v) is 9.89. The molecule has 2 heterocycles. The fourth-order valence-corrected chi connectivity index (χ4v) is 2.53. The van der Waals surface area contributed by atoms with Crippen LogP contribution >= 0.6 is 0 Å². The highest BCUT2D eigenvalue weighted by Crippen LogP contribution is 2.29. The topological polar surface area (TPSA) is 33.1 Å². The molecule has 1 unspecified atom stereocenters. The molecule has 0 amide bonds. The first-order valence-corrected chi connectivity index (χ1v) is 6.25. The van der Waals surface area contributed by atoms with E-state index in [-0.39, 0.29) is 0 Å². The summed E-state index contributed by atoms with van der Waals surface area (Å²) in [6.45, 7) is 3.47. The van der Waals surface area contributed by atoms with Crippen molar-refractivity contribution in [2.24, 2.45) is 7.05 Å². The molecule has 1 aliphatic heterocycles. The van der Waals surface area contributed by atoms with Gasteiger partial charge in [0.15, 0.2) is 0 Å². The van der Waals surface area contributed by atoms with Gasteiger partial charge in [-0.15, -0.1) is 0 Å². The van der Waals surface area contributed by atoms with Gasteiger partial charge >= 0.3 is 0 Å². The van der Waals surface area contributed by atoms with Gasteiger partial charge in [-0.1, -0.05) is 0 Å². The number of hydrogen-bond acceptors (Lipinski definition) is 3. The van der Waals surface area contributed by atoms with Crippen LogP contribution in [0.3, 0.4) is 0 Å². The van der Waals surface area contributed by atoms with Crippen LogP contribution in [-0.2, 0) is 13.6 Å². The molecular formula is C12H20N4. The first kappa shape index (κ1) is 10.3. The molecule has 0 bridgehead atoms. The zero-order chi connectivity index (χ0) is 11.0. The van der Waals surface area contributed by atoms with Crippen LogP contribution in [0, 0.1) is 0 Å². The lowest BCUT2D eigenvalue weighted by atomic mass is 10.2. The molecule has 88 valence electrons. The van der Waals surface area contributed by atoms with Crippen molar-refractivity contribution in [2.45, 2.75) is 37.9 Å². The third-order valence-corrected chi connectivity index (χ3v) is 3.77. The van der Waals surface area contributed by atoms with E-state index in [1.807, 2.05) is 12.5 Å². The molecule has 1 saturated heterocycles. The molecule has 1 atom stereocenters. The Balaban J connectivity index is 1.47. The average Bonchev–Trinajstić information content (AvgIpc) is 2.89. The number of aromatic nitrogens is 2. The Kier molecular flexibility index (Phi) is 2.69. The van der Waals surface area contributed by atoms with Crippen LogP contribution in [0.1, 0.15) is 25.0 Å². The maximum atomic E-state index is 4.13. The summed E-state index contributed by atoms with van der Waals surface area (Å²) in [5.74, 6) is 0. The fourth-order valence-electron chi connectivity index (χ4n) is 2.53. The summed E-state index contributed by atoms with van der Waals surface area (Å²) in [7, 11) is 2.05. The third kappa shape index (κ3) is 2.13. The standard InChI is InChI=1S/C12H20N4/c1-15-9-13-6-12(15)7-14-10-4-5-16(8-10)11-2-3-11/h6,9-11,14H,2-5,7-8H2,1H3. The van der Waals surface area contributed by atoms with Gasteiger partial charge in [-0.05, 0) is 19.3 Å². The van der Waals surface area contributed by atoms with E-state index in [0.29, 0.717) is 6.04 Å². The number of hydrogen-bond donors (Lipinski definition) is 1. The van der Waals surface area contributed by atoms with E-state index in [9.17, 15) is 0 Å². The minimum Gasteiger partial charge on any atom is -0.337 e. The summed E-state index contributed by atoms with van der Waals surface area (Å²) < 4.78 is 2.08. The second-order valence-corrected chi connectivity index (χ2v) is 5.09. The lowest BCUT2D eigenvalue weighted by molar-refractivity contribution is 0.317. The largest absolute Gasteiger partial charge is 0.337 e. The van der Waals surface area contributed by atoms with Crippen molar-refractivity contribution in [2.75, 3.05) is 13.1 Å². The third-order valence-electron chi connectivity index (χ3n) is 3.77. The zero-order valence-electron chi connectivity index (χ0n) is 9.89. The molecule has 4 nitrogen and oxygen atoms in total. The van der Waals surface area contributed by atoms with E-state index in [2.05, 4.69) is 26.8 Å². The summed E-state index contributed by atoms with van der Waals surface area (Å²) >= 11 is 0. The molecule has 1 saturated carbocycles. The highest BCUT2D eigenvalue weighted by molar-refractivity contribution is 4.98. The summed E-state index contributed by atoms with van der Waals surface area (Å²) in [5.41, 5.74) is 1.27. The Morgan fingerprint density at radius 2 is 2.31 bits per heavy atom. The van der Waals surface area contributed by atoms with Crippen LogP contribution in [-0.4, -0.2) is 39.6 Å². The molecule has 1 N–H and O–H groups in total. The van der Waals surface area contributed by atoms with Crippen molar-refractivity contribution in [1.82, 2.24) is 19.8 Å². The molecule has 0 aromatic carbocycles. The van der Waals surface area contributed by atoms with Gasteiger partial charge in [0.25, 0.3) is 0 Å². The Morgan fingerprint density at radius 1 is 1.44 bits per heavy atom. The van der Waals surface area contributed by atoms with Gasteiger partial charge in [-0.25, -0.2) is 4.98 Å². The molecule has 2 aliphatic rings. The normalized spacial score (nSPS) is 26.4. The van der Waals surface area contributed by atoms with Gasteiger partial charge in [0.05, 0.1) is 12.0 Å². The van der Waals surface area contributed by atoms with E-state index in [0.717, 1.165) is 12.6 Å². The van der Waals surface area contributed by atoms with Gasteiger partial charge < -0.3 is 9.88 Å². The van der Waals surface area contributed by atoms with Crippen LogP contribution in [0.4, 0.5) is 0 Å². The first-order valence-electron chi connectivity index (χ1n) is 6.25. The van der Waals surface area contributed by atoms with Gasteiger partial charge in [-0.2, -0.15) is 0 Å². The Bertz CT molecular complexity index is 356. The number of nitrogens with zero attached hydrogens (tertiary/aromatic N) is 3. The van der Waals surface area contributed by atoms with Gasteiger partial charge in [-0.3, -0.25) is 4.90 Å². The minimum absolute atomic E-state index is 0.676. The lowest BCUT2D eigenvalue weighted by Crippen LogP contribution is -2.33. The molecule has 0 radical (unpaired) electrons. The molecular weight excluding hydrogens is 200 g/mol. The quantitative estimate of drug-likeness (QED) is 0.812. The maximum Gasteiger partial charge on any atom is 0.0945 e. The van der Waals surface area contributed by atoms with Crippen LogP contribution in [0.15, 0.2) is 12.5 Å². The molecule has 1 aromatic heterocycles. The number of aryl methyl sites for hydroxylation is 1. The predicted octanol–water partition coefficient (Wildman–Crippen LogP) is 0.746. The van der Waals surface area contributed by atoms with Crippen molar-refractivity contribution in [1.29, 1.82) is 0 Å². The van der Waals surface area contributed by atoms with E-state index in [1.54, 1.807) is 0 Å². The maximum absolute atomic E-state index is 4.13. The molecule has 4 heteroatoms. The number of nitrogens with one attached hydrogen (secondary N) is 1. The Labute approximate surface area is 96.7 Å². The van der Waals surface area contributed by atoms with Gasteiger partial charge in [0, 0.05) is 45.0 Å². The molecule has 0 spiro atoms. The Morgan fingerprint density at radius 3 is 3.00 bits per heavy atom. The van der Waals surface area contributed by atoms with Crippen LogP contribution in [0.5, 0.6) is 0 Å². The number of likely N-dealkylation sites (tertiary alicyclic amines) is 1. The summed E-state index contributed by atoms with van der Waals surface area (Å²) in [6.07, 6.45) is 7.96. The molecule has 16 heavy (non-hydrogen) atoms. The van der Waals surface area contributed by atoms with E-state index in [1.165, 1.54) is 38.0 Å². The number of rotatable bonds is 4. The van der Waals surface area contributed by atoms with Crippen LogP contribution in [0.25, 0.3) is 0 Å². The minimum atomic E-state index is 0.676. The summed E-state index contributed by atoms with van der Waals surface area (Å²) in [6, 6.07) is 1.60. The van der Waals surface area contributed by atoms with Gasteiger partial charge in [0.1, 0.15) is 0 Å². The van der Waals surface area contributed by atoms with Crippen molar-refractivity contribution in [3.63, 3.8) is 0 Å². The highest BCUT2D eigenvalue weighted by atomic mass is 15.2. The monoisotopic (exact) mass is 220 g/mol. The average molecular weight is 220 g/mol. The SMILES string of the molecule is Cn1cncc1CNC1CCN(C2CC2)C1. The second-order valence-electron chi connectivity index (χ2n) is 5.09. The molecule has 1 aromatic rings. The molecule has 2 fully saturated rings. The van der Waals surface area contributed by atoms with Crippen LogP contribution in [0.2, 0.25) is 0 Å². The van der Waals surface area contributed by atoms with E-state index >= 15 is 0 Å². The number of imidazole rings is 1. The highest BCUT2D eigenvalue weighted by Gasteiger charge is 2.34. The molecule has 1 aliphatic carbocycles. The summed E-state index contributed by atoms with van der Waals surface area (Å²) in [5, 5.41) is 3.63. The predicted molar refractivity (Wildman–Crippen MR) is 63.0 cm³/mol.